The first-order chi connectivity index (χ1) is 9.07. The lowest BCUT2D eigenvalue weighted by atomic mass is 9.82. The molecule has 0 unspecified atom stereocenters. The van der Waals surface area contributed by atoms with Crippen LogP contribution < -0.4 is 10.1 Å². The van der Waals surface area contributed by atoms with Crippen molar-refractivity contribution >= 4 is 5.91 Å². The Labute approximate surface area is 114 Å². The van der Waals surface area contributed by atoms with Gasteiger partial charge in [0.05, 0.1) is 12.5 Å². The van der Waals surface area contributed by atoms with E-state index in [0.29, 0.717) is 0 Å². The Morgan fingerprint density at radius 3 is 2.53 bits per heavy atom. The molecule has 19 heavy (non-hydrogen) atoms. The van der Waals surface area contributed by atoms with Crippen molar-refractivity contribution in [2.45, 2.75) is 19.3 Å². The minimum absolute atomic E-state index is 0.165. The van der Waals surface area contributed by atoms with Crippen molar-refractivity contribution in [1.29, 1.82) is 0 Å². The Bertz CT molecular complexity index is 451. The molecule has 1 aromatic rings. The highest BCUT2D eigenvalue weighted by molar-refractivity contribution is 5.88. The molecule has 2 rings (SSSR count). The summed E-state index contributed by atoms with van der Waals surface area (Å²) in [5, 5.41) is 3.26. The number of amides is 1. The third-order valence-electron chi connectivity index (χ3n) is 3.72. The molecule has 0 bridgehead atoms. The Kier molecular flexibility index (Phi) is 4.10. The normalized spacial score (nSPS) is 16.3. The predicted octanol–water partition coefficient (Wildman–Crippen LogP) is 1.40. The van der Waals surface area contributed by atoms with E-state index in [1.807, 2.05) is 43.0 Å². The van der Waals surface area contributed by atoms with Crippen molar-refractivity contribution in [3.63, 3.8) is 0 Å². The average molecular weight is 262 g/mol. The number of para-hydroxylation sites is 1. The summed E-state index contributed by atoms with van der Waals surface area (Å²) in [5.41, 5.74) is 0.380. The van der Waals surface area contributed by atoms with Crippen molar-refractivity contribution in [2.75, 3.05) is 33.3 Å². The van der Waals surface area contributed by atoms with Crippen molar-refractivity contribution < 1.29 is 9.53 Å². The molecule has 0 aromatic heterocycles. The zero-order valence-electron chi connectivity index (χ0n) is 11.9. The average Bonchev–Trinajstić information content (AvgIpc) is 2.47. The van der Waals surface area contributed by atoms with Gasteiger partial charge in [0, 0.05) is 31.7 Å². The van der Waals surface area contributed by atoms with Gasteiger partial charge in [-0.05, 0) is 19.9 Å². The van der Waals surface area contributed by atoms with Crippen molar-refractivity contribution in [2.24, 2.45) is 0 Å². The number of piperazine rings is 1. The summed E-state index contributed by atoms with van der Waals surface area (Å²) in [5.74, 6) is 0.939. The van der Waals surface area contributed by atoms with Crippen LogP contribution in [0, 0.1) is 0 Å². The molecule has 0 atom stereocenters. The van der Waals surface area contributed by atoms with E-state index in [1.54, 1.807) is 7.11 Å². The van der Waals surface area contributed by atoms with Crippen molar-refractivity contribution in [3.8, 4) is 5.75 Å². The lowest BCUT2D eigenvalue weighted by molar-refractivity contribution is -0.136. The number of carbonyl (C=O) groups excluding carboxylic acids is 1. The van der Waals surface area contributed by atoms with E-state index in [0.717, 1.165) is 37.5 Å². The number of carbonyl (C=O) groups is 1. The third-order valence-corrected chi connectivity index (χ3v) is 3.72. The van der Waals surface area contributed by atoms with Gasteiger partial charge in [0.1, 0.15) is 5.75 Å². The summed E-state index contributed by atoms with van der Waals surface area (Å²) in [4.78, 5) is 14.7. The highest BCUT2D eigenvalue weighted by Crippen LogP contribution is 2.33. The summed E-state index contributed by atoms with van der Waals surface area (Å²) in [6.07, 6.45) is 0. The maximum Gasteiger partial charge on any atom is 0.232 e. The molecule has 1 aliphatic rings. The van der Waals surface area contributed by atoms with E-state index in [9.17, 15) is 4.79 Å². The van der Waals surface area contributed by atoms with Crippen LogP contribution in [0.2, 0.25) is 0 Å². The summed E-state index contributed by atoms with van der Waals surface area (Å²) in [6, 6.07) is 7.75. The molecule has 0 radical (unpaired) electrons. The van der Waals surface area contributed by atoms with Gasteiger partial charge < -0.3 is 15.0 Å². The molecule has 104 valence electrons. The van der Waals surface area contributed by atoms with Gasteiger partial charge in [0.25, 0.3) is 0 Å². The molecule has 1 fully saturated rings. The maximum absolute atomic E-state index is 12.7. The third kappa shape index (κ3) is 2.73. The second-order valence-corrected chi connectivity index (χ2v) is 5.37. The number of nitrogens with one attached hydrogen (secondary N) is 1. The van der Waals surface area contributed by atoms with E-state index in [2.05, 4.69) is 5.32 Å². The molecule has 1 N–H and O–H groups in total. The molecule has 1 saturated heterocycles. The van der Waals surface area contributed by atoms with Gasteiger partial charge in [-0.1, -0.05) is 18.2 Å². The van der Waals surface area contributed by atoms with Crippen LogP contribution in [0.5, 0.6) is 5.75 Å². The molecule has 4 heteroatoms. The SMILES string of the molecule is COc1ccccc1C(C)(C)C(=O)N1CCNCC1. The second-order valence-electron chi connectivity index (χ2n) is 5.37. The fourth-order valence-corrected chi connectivity index (χ4v) is 2.54. The van der Waals surface area contributed by atoms with Crippen LogP contribution in [0.25, 0.3) is 0 Å². The number of rotatable bonds is 3. The molecule has 1 aromatic carbocycles. The second kappa shape index (κ2) is 5.61. The number of hydrogen-bond acceptors (Lipinski definition) is 3. The first-order valence-corrected chi connectivity index (χ1v) is 6.71. The summed E-state index contributed by atoms with van der Waals surface area (Å²) in [6.45, 7) is 7.22. The lowest BCUT2D eigenvalue weighted by Crippen LogP contribution is -2.51. The number of methoxy groups -OCH3 is 1. The van der Waals surface area contributed by atoms with Gasteiger partial charge in [-0.3, -0.25) is 4.79 Å². The zero-order valence-corrected chi connectivity index (χ0v) is 11.9. The quantitative estimate of drug-likeness (QED) is 0.895. The summed E-state index contributed by atoms with van der Waals surface area (Å²) >= 11 is 0. The van der Waals surface area contributed by atoms with Crippen LogP contribution in [0.3, 0.4) is 0 Å². The number of hydrogen-bond donors (Lipinski definition) is 1. The Morgan fingerprint density at radius 2 is 1.89 bits per heavy atom. The van der Waals surface area contributed by atoms with Gasteiger partial charge in [-0.15, -0.1) is 0 Å². The molecule has 0 spiro atoms. The largest absolute Gasteiger partial charge is 0.496 e. The molecule has 1 heterocycles. The summed E-state index contributed by atoms with van der Waals surface area (Å²) in [7, 11) is 1.64. The van der Waals surface area contributed by atoms with Gasteiger partial charge >= 0.3 is 0 Å². The van der Waals surface area contributed by atoms with E-state index in [-0.39, 0.29) is 5.91 Å². The molecule has 0 saturated carbocycles. The topological polar surface area (TPSA) is 41.6 Å². The van der Waals surface area contributed by atoms with Crippen LogP contribution >= 0.6 is 0 Å². The maximum atomic E-state index is 12.7. The van der Waals surface area contributed by atoms with Crippen molar-refractivity contribution in [1.82, 2.24) is 10.2 Å². The standard InChI is InChI=1S/C15H22N2O2/c1-15(2,12-6-4-5-7-13(12)19-3)14(18)17-10-8-16-9-11-17/h4-7,16H,8-11H2,1-3H3. The van der Waals surface area contributed by atoms with E-state index >= 15 is 0 Å². The summed E-state index contributed by atoms with van der Waals surface area (Å²) < 4.78 is 5.39. The highest BCUT2D eigenvalue weighted by atomic mass is 16.5. The fourth-order valence-electron chi connectivity index (χ4n) is 2.54. The van der Waals surface area contributed by atoms with Gasteiger partial charge in [-0.2, -0.15) is 0 Å². The van der Waals surface area contributed by atoms with Crippen LogP contribution in [-0.4, -0.2) is 44.1 Å². The Balaban J connectivity index is 2.27. The number of benzene rings is 1. The molecule has 1 amide bonds. The van der Waals surface area contributed by atoms with Gasteiger partial charge in [-0.25, -0.2) is 0 Å². The lowest BCUT2D eigenvalue weighted by Gasteiger charge is -2.35. The number of ether oxygens (including phenoxy) is 1. The van der Waals surface area contributed by atoms with E-state index in [4.69, 9.17) is 4.74 Å². The molecular formula is C15H22N2O2. The Morgan fingerprint density at radius 1 is 1.26 bits per heavy atom. The highest BCUT2D eigenvalue weighted by Gasteiger charge is 2.36. The molecule has 0 aliphatic carbocycles. The Hall–Kier alpha value is -1.55. The van der Waals surface area contributed by atoms with Crippen LogP contribution in [0.1, 0.15) is 19.4 Å². The predicted molar refractivity (Wildman–Crippen MR) is 75.5 cm³/mol. The molecule has 1 aliphatic heterocycles. The van der Waals surface area contributed by atoms with Gasteiger partial charge in [0.15, 0.2) is 0 Å². The van der Waals surface area contributed by atoms with E-state index < -0.39 is 5.41 Å². The minimum atomic E-state index is -0.566. The van der Waals surface area contributed by atoms with Crippen molar-refractivity contribution in [3.05, 3.63) is 29.8 Å². The monoisotopic (exact) mass is 262 g/mol. The first-order valence-electron chi connectivity index (χ1n) is 6.71. The fraction of sp³-hybridized carbons (Fsp3) is 0.533. The first kappa shape index (κ1) is 13.9. The van der Waals surface area contributed by atoms with Crippen LogP contribution in [0.15, 0.2) is 24.3 Å². The van der Waals surface area contributed by atoms with Crippen LogP contribution in [0.4, 0.5) is 0 Å². The smallest absolute Gasteiger partial charge is 0.232 e. The molecular weight excluding hydrogens is 240 g/mol. The van der Waals surface area contributed by atoms with Gasteiger partial charge in [0.2, 0.25) is 5.91 Å². The molecule has 4 nitrogen and oxygen atoms in total. The minimum Gasteiger partial charge on any atom is -0.496 e. The van der Waals surface area contributed by atoms with Crippen LogP contribution in [-0.2, 0) is 10.2 Å². The number of nitrogens with zero attached hydrogens (tertiary/aromatic N) is 1. The van der Waals surface area contributed by atoms with E-state index in [1.165, 1.54) is 0 Å². The zero-order chi connectivity index (χ0) is 13.9.